The molecular formula is C17H21NO. The second-order valence-corrected chi connectivity index (χ2v) is 6.79. The Balaban J connectivity index is 1.56. The summed E-state index contributed by atoms with van der Waals surface area (Å²) in [5.41, 5.74) is 2.37. The quantitative estimate of drug-likeness (QED) is 0.865. The molecule has 4 aliphatic carbocycles. The zero-order valence-electron chi connectivity index (χ0n) is 11.3. The van der Waals surface area contributed by atoms with E-state index in [1.54, 1.807) is 0 Å². The summed E-state index contributed by atoms with van der Waals surface area (Å²) in [6.07, 6.45) is 5.52. The summed E-state index contributed by atoms with van der Waals surface area (Å²) in [5.74, 6) is 1.90. The van der Waals surface area contributed by atoms with Gasteiger partial charge in [0.1, 0.15) is 0 Å². The summed E-state index contributed by atoms with van der Waals surface area (Å²) in [6.45, 7) is 0.812. The minimum atomic E-state index is -0.345. The number of benzene rings is 1. The third-order valence-corrected chi connectivity index (χ3v) is 5.28. The highest BCUT2D eigenvalue weighted by molar-refractivity contribution is 5.91. The van der Waals surface area contributed by atoms with Crippen LogP contribution in [0.5, 0.6) is 0 Å². The van der Waals surface area contributed by atoms with Crippen molar-refractivity contribution in [2.24, 2.45) is 22.7 Å². The van der Waals surface area contributed by atoms with Crippen LogP contribution in [0.3, 0.4) is 0 Å². The predicted octanol–water partition coefficient (Wildman–Crippen LogP) is 3.20. The van der Waals surface area contributed by atoms with Crippen LogP contribution in [0.25, 0.3) is 0 Å². The van der Waals surface area contributed by atoms with Crippen molar-refractivity contribution in [2.45, 2.75) is 44.2 Å². The van der Waals surface area contributed by atoms with Crippen molar-refractivity contribution in [3.05, 3.63) is 35.9 Å². The molecule has 4 aliphatic rings. The number of aliphatic imine (C=N–C) groups is 1. The fraction of sp³-hybridized carbons (Fsp3) is 0.588. The molecule has 0 saturated heterocycles. The van der Waals surface area contributed by atoms with Gasteiger partial charge in [-0.3, -0.25) is 4.99 Å². The van der Waals surface area contributed by atoms with Gasteiger partial charge in [-0.1, -0.05) is 30.3 Å². The normalized spacial score (nSPS) is 41.9. The van der Waals surface area contributed by atoms with E-state index < -0.39 is 0 Å². The Morgan fingerprint density at radius 3 is 2.37 bits per heavy atom. The van der Waals surface area contributed by atoms with Gasteiger partial charge in [-0.2, -0.15) is 0 Å². The largest absolute Gasteiger partial charge is 0.390 e. The molecule has 2 heteroatoms. The fourth-order valence-electron chi connectivity index (χ4n) is 4.75. The van der Waals surface area contributed by atoms with Crippen LogP contribution in [0.15, 0.2) is 35.3 Å². The van der Waals surface area contributed by atoms with E-state index in [1.807, 2.05) is 0 Å². The second-order valence-electron chi connectivity index (χ2n) is 6.79. The Bertz CT molecular complexity index is 489. The summed E-state index contributed by atoms with van der Waals surface area (Å²) in [4.78, 5) is 4.93. The maximum absolute atomic E-state index is 10.6. The lowest BCUT2D eigenvalue weighted by Gasteiger charge is -2.54. The van der Waals surface area contributed by atoms with Crippen LogP contribution in [0.4, 0.5) is 0 Å². The van der Waals surface area contributed by atoms with E-state index in [2.05, 4.69) is 30.3 Å². The smallest absolute Gasteiger partial charge is 0.0663 e. The topological polar surface area (TPSA) is 32.6 Å². The molecule has 1 aromatic rings. The molecule has 0 radical (unpaired) electrons. The standard InChI is InChI=1S/C17H21NO/c19-17-8-13-6-14(9-17)16(15(7-13)10-17)18-11-12-4-2-1-3-5-12/h1-5,13-15,19H,6-11H2/t13?,14-,15+,17?. The summed E-state index contributed by atoms with van der Waals surface area (Å²) in [6, 6.07) is 10.5. The zero-order chi connectivity index (χ0) is 12.9. The molecule has 19 heavy (non-hydrogen) atoms. The molecular weight excluding hydrogens is 234 g/mol. The molecule has 5 rings (SSSR count). The summed E-state index contributed by atoms with van der Waals surface area (Å²) in [7, 11) is 0. The minimum absolute atomic E-state index is 0.345. The summed E-state index contributed by atoms with van der Waals surface area (Å²) >= 11 is 0. The average Bonchev–Trinajstić information content (AvgIpc) is 2.37. The van der Waals surface area contributed by atoms with E-state index in [9.17, 15) is 5.11 Å². The molecule has 1 aromatic carbocycles. The minimum Gasteiger partial charge on any atom is -0.390 e. The molecule has 4 fully saturated rings. The first-order chi connectivity index (χ1) is 9.22. The van der Waals surface area contributed by atoms with Crippen LogP contribution in [0.1, 0.15) is 37.7 Å². The van der Waals surface area contributed by atoms with Gasteiger partial charge < -0.3 is 5.11 Å². The molecule has 2 nitrogen and oxygen atoms in total. The van der Waals surface area contributed by atoms with Gasteiger partial charge in [0, 0.05) is 17.5 Å². The van der Waals surface area contributed by atoms with E-state index in [4.69, 9.17) is 4.99 Å². The van der Waals surface area contributed by atoms with Crippen molar-refractivity contribution in [3.8, 4) is 0 Å². The molecule has 0 heterocycles. The zero-order valence-corrected chi connectivity index (χ0v) is 11.3. The molecule has 0 aromatic heterocycles. The van der Waals surface area contributed by atoms with E-state index in [-0.39, 0.29) is 5.60 Å². The van der Waals surface area contributed by atoms with Gasteiger partial charge in [0.05, 0.1) is 12.1 Å². The van der Waals surface area contributed by atoms with Crippen LogP contribution in [-0.2, 0) is 6.54 Å². The van der Waals surface area contributed by atoms with Gasteiger partial charge in [0.25, 0.3) is 0 Å². The third kappa shape index (κ3) is 2.02. The molecule has 4 bridgehead atoms. The maximum Gasteiger partial charge on any atom is 0.0663 e. The summed E-state index contributed by atoms with van der Waals surface area (Å²) in [5, 5.41) is 10.6. The van der Waals surface area contributed by atoms with E-state index in [0.717, 1.165) is 31.7 Å². The van der Waals surface area contributed by atoms with Gasteiger partial charge in [-0.15, -0.1) is 0 Å². The molecule has 0 spiro atoms. The van der Waals surface area contributed by atoms with Crippen LogP contribution in [-0.4, -0.2) is 16.4 Å². The fourth-order valence-corrected chi connectivity index (χ4v) is 4.75. The number of aliphatic hydroxyl groups is 1. The van der Waals surface area contributed by atoms with Crippen molar-refractivity contribution in [1.82, 2.24) is 0 Å². The molecule has 0 amide bonds. The lowest BCUT2D eigenvalue weighted by molar-refractivity contribution is -0.0825. The van der Waals surface area contributed by atoms with Crippen LogP contribution in [0, 0.1) is 17.8 Å². The van der Waals surface area contributed by atoms with Gasteiger partial charge >= 0.3 is 0 Å². The molecule has 1 N–H and O–H groups in total. The van der Waals surface area contributed by atoms with Crippen LogP contribution < -0.4 is 0 Å². The molecule has 2 unspecified atom stereocenters. The van der Waals surface area contributed by atoms with E-state index in [0.29, 0.717) is 11.8 Å². The molecule has 0 aliphatic heterocycles. The first-order valence-corrected chi connectivity index (χ1v) is 7.52. The lowest BCUT2D eigenvalue weighted by atomic mass is 9.53. The highest BCUT2D eigenvalue weighted by atomic mass is 16.3. The summed E-state index contributed by atoms with van der Waals surface area (Å²) < 4.78 is 0. The highest BCUT2D eigenvalue weighted by Crippen LogP contribution is 2.54. The van der Waals surface area contributed by atoms with Crippen molar-refractivity contribution in [2.75, 3.05) is 0 Å². The maximum atomic E-state index is 10.6. The molecule has 100 valence electrons. The van der Waals surface area contributed by atoms with Crippen molar-refractivity contribution in [3.63, 3.8) is 0 Å². The third-order valence-electron chi connectivity index (χ3n) is 5.28. The Labute approximate surface area is 114 Å². The second kappa shape index (κ2) is 4.17. The number of hydrogen-bond donors (Lipinski definition) is 1. The number of rotatable bonds is 2. The Hall–Kier alpha value is -1.15. The highest BCUT2D eigenvalue weighted by Gasteiger charge is 2.53. The van der Waals surface area contributed by atoms with Gasteiger partial charge in [0.2, 0.25) is 0 Å². The van der Waals surface area contributed by atoms with Crippen LogP contribution >= 0.6 is 0 Å². The van der Waals surface area contributed by atoms with Crippen molar-refractivity contribution >= 4 is 5.71 Å². The van der Waals surface area contributed by atoms with Crippen molar-refractivity contribution < 1.29 is 5.11 Å². The lowest BCUT2D eigenvalue weighted by Crippen LogP contribution is -2.55. The Morgan fingerprint density at radius 1 is 1.05 bits per heavy atom. The monoisotopic (exact) mass is 255 g/mol. The molecule has 4 atom stereocenters. The Morgan fingerprint density at radius 2 is 1.74 bits per heavy atom. The van der Waals surface area contributed by atoms with Crippen LogP contribution in [0.2, 0.25) is 0 Å². The Kier molecular flexibility index (Phi) is 2.56. The first kappa shape index (κ1) is 11.7. The number of hydrogen-bond acceptors (Lipinski definition) is 2. The van der Waals surface area contributed by atoms with E-state index in [1.165, 1.54) is 24.1 Å². The van der Waals surface area contributed by atoms with Crippen molar-refractivity contribution in [1.29, 1.82) is 0 Å². The number of nitrogens with zero attached hydrogens (tertiary/aromatic N) is 1. The molecule has 4 saturated carbocycles. The predicted molar refractivity (Wildman–Crippen MR) is 76.1 cm³/mol. The average molecular weight is 255 g/mol. The van der Waals surface area contributed by atoms with Gasteiger partial charge in [0.15, 0.2) is 0 Å². The van der Waals surface area contributed by atoms with Gasteiger partial charge in [-0.05, 0) is 43.6 Å². The van der Waals surface area contributed by atoms with E-state index >= 15 is 0 Å². The SMILES string of the molecule is OC12CC3C[C@H](C1)C(=NCc1ccccc1)[C@@H](C3)C2. The first-order valence-electron chi connectivity index (χ1n) is 7.52. The van der Waals surface area contributed by atoms with Gasteiger partial charge in [-0.25, -0.2) is 0 Å².